The van der Waals surface area contributed by atoms with E-state index in [0.29, 0.717) is 17.2 Å². The summed E-state index contributed by atoms with van der Waals surface area (Å²) >= 11 is 1.40. The summed E-state index contributed by atoms with van der Waals surface area (Å²) in [5, 5.41) is 9.72. The van der Waals surface area contributed by atoms with Gasteiger partial charge in [-0.3, -0.25) is 14.7 Å². The van der Waals surface area contributed by atoms with E-state index in [9.17, 15) is 4.79 Å². The van der Waals surface area contributed by atoms with Crippen LogP contribution in [0.4, 0.5) is 5.13 Å². The molecule has 110 valence electrons. The molecule has 0 bridgehead atoms. The van der Waals surface area contributed by atoms with Gasteiger partial charge in [-0.15, -0.1) is 10.2 Å². The van der Waals surface area contributed by atoms with Crippen LogP contribution in [0.15, 0.2) is 54.9 Å². The molecular weight excluding hydrogens is 296 g/mol. The third-order valence-corrected chi connectivity index (χ3v) is 4.15. The van der Waals surface area contributed by atoms with Crippen LogP contribution in [0.25, 0.3) is 10.6 Å². The molecule has 2 heterocycles. The fourth-order valence-electron chi connectivity index (χ4n) is 2.04. The second kappa shape index (κ2) is 6.44. The normalized spacial score (nSPS) is 10.4. The van der Waals surface area contributed by atoms with Gasteiger partial charge in [0.1, 0.15) is 5.01 Å². The third-order valence-electron chi connectivity index (χ3n) is 3.15. The van der Waals surface area contributed by atoms with Crippen molar-refractivity contribution in [3.63, 3.8) is 0 Å². The number of benzene rings is 1. The number of hydrogen-bond acceptors (Lipinski definition) is 5. The van der Waals surface area contributed by atoms with Crippen molar-refractivity contribution < 1.29 is 4.79 Å². The average molecular weight is 310 g/mol. The Kier molecular flexibility index (Phi) is 4.20. The summed E-state index contributed by atoms with van der Waals surface area (Å²) in [4.78, 5) is 18.2. The highest BCUT2D eigenvalue weighted by molar-refractivity contribution is 7.18. The summed E-state index contributed by atoms with van der Waals surface area (Å²) in [5.74, 6) is -0.0690. The van der Waals surface area contributed by atoms with Gasteiger partial charge in [-0.1, -0.05) is 29.5 Å². The van der Waals surface area contributed by atoms with Crippen molar-refractivity contribution in [3.8, 4) is 10.6 Å². The maximum atomic E-state index is 12.6. The molecule has 3 rings (SSSR count). The smallest absolute Gasteiger partial charge is 0.260 e. The molecule has 6 heteroatoms. The van der Waals surface area contributed by atoms with Gasteiger partial charge >= 0.3 is 0 Å². The van der Waals surface area contributed by atoms with Crippen molar-refractivity contribution in [3.05, 3.63) is 60.4 Å². The van der Waals surface area contributed by atoms with E-state index in [1.54, 1.807) is 29.4 Å². The zero-order valence-electron chi connectivity index (χ0n) is 12.0. The van der Waals surface area contributed by atoms with Crippen LogP contribution < -0.4 is 4.90 Å². The first kappa shape index (κ1) is 14.3. The lowest BCUT2D eigenvalue weighted by Gasteiger charge is -2.16. The van der Waals surface area contributed by atoms with E-state index in [4.69, 9.17) is 0 Å². The summed E-state index contributed by atoms with van der Waals surface area (Å²) in [7, 11) is 0. The van der Waals surface area contributed by atoms with Crippen LogP contribution in [0.5, 0.6) is 0 Å². The lowest BCUT2D eigenvalue weighted by molar-refractivity contribution is 0.0988. The molecule has 0 unspecified atom stereocenters. The minimum absolute atomic E-state index is 0.0690. The monoisotopic (exact) mass is 310 g/mol. The number of anilines is 1. The van der Waals surface area contributed by atoms with Crippen LogP contribution >= 0.6 is 11.3 Å². The van der Waals surface area contributed by atoms with Crippen LogP contribution in [-0.2, 0) is 0 Å². The summed E-state index contributed by atoms with van der Waals surface area (Å²) in [6, 6.07) is 12.9. The van der Waals surface area contributed by atoms with Gasteiger partial charge in [0, 0.05) is 30.1 Å². The Morgan fingerprint density at radius 2 is 1.82 bits per heavy atom. The van der Waals surface area contributed by atoms with Crippen LogP contribution in [0.1, 0.15) is 17.3 Å². The summed E-state index contributed by atoms with van der Waals surface area (Å²) < 4.78 is 0. The van der Waals surface area contributed by atoms with Crippen molar-refractivity contribution in [1.29, 1.82) is 0 Å². The number of amides is 1. The van der Waals surface area contributed by atoms with E-state index in [0.717, 1.165) is 10.6 Å². The van der Waals surface area contributed by atoms with E-state index in [1.165, 1.54) is 11.3 Å². The first-order valence-corrected chi connectivity index (χ1v) is 7.72. The third kappa shape index (κ3) is 2.87. The Morgan fingerprint density at radius 3 is 2.50 bits per heavy atom. The minimum atomic E-state index is -0.0690. The number of aromatic nitrogens is 3. The average Bonchev–Trinajstić information content (AvgIpc) is 3.07. The number of nitrogens with zero attached hydrogens (tertiary/aromatic N) is 4. The van der Waals surface area contributed by atoms with Gasteiger partial charge in [0.25, 0.3) is 5.91 Å². The van der Waals surface area contributed by atoms with Crippen molar-refractivity contribution in [2.75, 3.05) is 11.4 Å². The van der Waals surface area contributed by atoms with Gasteiger partial charge in [0.15, 0.2) is 0 Å². The van der Waals surface area contributed by atoms with Gasteiger partial charge in [-0.25, -0.2) is 0 Å². The predicted octanol–water partition coefficient (Wildman–Crippen LogP) is 3.27. The molecule has 0 aliphatic rings. The zero-order valence-corrected chi connectivity index (χ0v) is 12.8. The molecule has 22 heavy (non-hydrogen) atoms. The van der Waals surface area contributed by atoms with Crippen molar-refractivity contribution in [2.45, 2.75) is 6.92 Å². The van der Waals surface area contributed by atoms with Gasteiger partial charge in [-0.05, 0) is 31.2 Å². The topological polar surface area (TPSA) is 59.0 Å². The van der Waals surface area contributed by atoms with Crippen molar-refractivity contribution in [2.24, 2.45) is 0 Å². The summed E-state index contributed by atoms with van der Waals surface area (Å²) in [5.41, 5.74) is 1.59. The molecule has 3 aromatic rings. The molecule has 0 fully saturated rings. The number of carbonyl (C=O) groups excluding carboxylic acids is 1. The largest absolute Gasteiger partial charge is 0.283 e. The molecule has 0 radical (unpaired) electrons. The Balaban J connectivity index is 1.89. The van der Waals surface area contributed by atoms with E-state index >= 15 is 0 Å². The van der Waals surface area contributed by atoms with Gasteiger partial charge in [0.05, 0.1) is 0 Å². The fraction of sp³-hybridized carbons (Fsp3) is 0.125. The van der Waals surface area contributed by atoms with Crippen LogP contribution in [-0.4, -0.2) is 27.6 Å². The van der Waals surface area contributed by atoms with E-state index in [-0.39, 0.29) is 5.91 Å². The lowest BCUT2D eigenvalue weighted by Crippen LogP contribution is -2.30. The molecule has 0 N–H and O–H groups in total. The number of rotatable bonds is 4. The predicted molar refractivity (Wildman–Crippen MR) is 86.9 cm³/mol. The molecule has 1 amide bonds. The summed E-state index contributed by atoms with van der Waals surface area (Å²) in [6.07, 6.45) is 3.42. The molecule has 5 nitrogen and oxygen atoms in total. The van der Waals surface area contributed by atoms with Gasteiger partial charge < -0.3 is 0 Å². The first-order valence-electron chi connectivity index (χ1n) is 6.90. The number of hydrogen-bond donors (Lipinski definition) is 0. The molecule has 0 aliphatic carbocycles. The maximum Gasteiger partial charge on any atom is 0.260 e. The SMILES string of the molecule is CCN(C(=O)c1ccccc1)c1nnc(-c2ccncc2)s1. The molecule has 0 spiro atoms. The van der Waals surface area contributed by atoms with E-state index in [1.807, 2.05) is 37.3 Å². The molecular formula is C16H14N4OS. The molecule has 0 saturated heterocycles. The standard InChI is InChI=1S/C16H14N4OS/c1-2-20(15(21)13-6-4-3-5-7-13)16-19-18-14(22-16)12-8-10-17-11-9-12/h3-11H,2H2,1H3. The number of pyridine rings is 1. The Morgan fingerprint density at radius 1 is 1.09 bits per heavy atom. The lowest BCUT2D eigenvalue weighted by atomic mass is 10.2. The zero-order chi connectivity index (χ0) is 15.4. The quantitative estimate of drug-likeness (QED) is 0.742. The number of carbonyl (C=O) groups is 1. The molecule has 2 aromatic heterocycles. The van der Waals surface area contributed by atoms with Gasteiger partial charge in [0.2, 0.25) is 5.13 Å². The highest BCUT2D eigenvalue weighted by Crippen LogP contribution is 2.28. The van der Waals surface area contributed by atoms with Crippen LogP contribution in [0.3, 0.4) is 0 Å². The highest BCUT2D eigenvalue weighted by Gasteiger charge is 2.20. The second-order valence-corrected chi connectivity index (χ2v) is 5.50. The highest BCUT2D eigenvalue weighted by atomic mass is 32.1. The second-order valence-electron chi connectivity index (χ2n) is 4.54. The maximum absolute atomic E-state index is 12.6. The molecule has 0 atom stereocenters. The van der Waals surface area contributed by atoms with E-state index in [2.05, 4.69) is 15.2 Å². The van der Waals surface area contributed by atoms with Crippen LogP contribution in [0.2, 0.25) is 0 Å². The van der Waals surface area contributed by atoms with Crippen LogP contribution in [0, 0.1) is 0 Å². The van der Waals surface area contributed by atoms with E-state index < -0.39 is 0 Å². The Labute approximate surface area is 132 Å². The molecule has 0 saturated carbocycles. The minimum Gasteiger partial charge on any atom is -0.283 e. The molecule has 1 aromatic carbocycles. The Bertz CT molecular complexity index is 758. The fourth-order valence-corrected chi connectivity index (χ4v) is 2.95. The first-order chi connectivity index (χ1) is 10.8. The Hall–Kier alpha value is -2.60. The summed E-state index contributed by atoms with van der Waals surface area (Å²) in [6.45, 7) is 2.47. The van der Waals surface area contributed by atoms with Crippen molar-refractivity contribution in [1.82, 2.24) is 15.2 Å². The van der Waals surface area contributed by atoms with Crippen molar-refractivity contribution >= 4 is 22.4 Å². The van der Waals surface area contributed by atoms with Gasteiger partial charge in [-0.2, -0.15) is 0 Å². The molecule has 0 aliphatic heterocycles.